The van der Waals surface area contributed by atoms with Crippen LogP contribution in [0.4, 0.5) is 10.5 Å². The maximum absolute atomic E-state index is 11.8. The van der Waals surface area contributed by atoms with Gasteiger partial charge in [0.2, 0.25) is 0 Å². The van der Waals surface area contributed by atoms with Crippen molar-refractivity contribution in [3.8, 4) is 0 Å². The van der Waals surface area contributed by atoms with Crippen molar-refractivity contribution < 1.29 is 22.1 Å². The third kappa shape index (κ3) is 3.59. The molecular formula is C14H19ClN4O. The number of likely N-dealkylation sites (N-methyl/N-ethyl adjacent to an activating group) is 1. The van der Waals surface area contributed by atoms with Crippen LogP contribution in [0, 0.1) is 0 Å². The molecule has 1 aliphatic rings. The molecule has 6 heteroatoms. The Kier molecular flexibility index (Phi) is 5.73. The number of nitrogens with zero attached hydrogens (tertiary/aromatic N) is 3. The van der Waals surface area contributed by atoms with Crippen LogP contribution >= 0.6 is 0 Å². The summed E-state index contributed by atoms with van der Waals surface area (Å²) in [6.45, 7) is 0. The van der Waals surface area contributed by atoms with Gasteiger partial charge in [0.15, 0.2) is 0 Å². The molecule has 1 aromatic carbocycles. The van der Waals surface area contributed by atoms with Gasteiger partial charge in [0.1, 0.15) is 6.20 Å². The lowest BCUT2D eigenvalue weighted by atomic mass is 10.2. The number of benzene rings is 1. The normalized spacial score (nSPS) is 21.9. The molecule has 2 rings (SSSR count). The first-order valence-corrected chi connectivity index (χ1v) is 6.21. The number of halogens is 1. The molecule has 1 aliphatic heterocycles. The summed E-state index contributed by atoms with van der Waals surface area (Å²) in [7, 11) is 5.49. The smallest absolute Gasteiger partial charge is 0.422 e. The highest BCUT2D eigenvalue weighted by Gasteiger charge is 2.27. The average molecular weight is 295 g/mol. The van der Waals surface area contributed by atoms with Crippen molar-refractivity contribution >= 4 is 17.9 Å². The third-order valence-corrected chi connectivity index (χ3v) is 3.17. The number of hydrazone groups is 1. The number of urea groups is 1. The second-order valence-corrected chi connectivity index (χ2v) is 4.57. The Hall–Kier alpha value is -1.85. The van der Waals surface area contributed by atoms with Gasteiger partial charge in [-0.15, -0.1) is 0 Å². The molecule has 1 heterocycles. The fourth-order valence-electron chi connectivity index (χ4n) is 1.89. The quantitative estimate of drug-likeness (QED) is 0.498. The Labute approximate surface area is 125 Å². The maximum Gasteiger partial charge on any atom is 0.422 e. The topological polar surface area (TPSA) is 40.4 Å². The number of hydrogen-bond acceptors (Lipinski definition) is 3. The molecule has 0 saturated heterocycles. The molecular weight excluding hydrogens is 276 g/mol. The Morgan fingerprint density at radius 1 is 1.35 bits per heavy atom. The number of nitrogens with one attached hydrogen (secondary N) is 1. The maximum atomic E-state index is 11.8. The summed E-state index contributed by atoms with van der Waals surface area (Å²) in [5.74, 6) is 0. The largest absolute Gasteiger partial charge is 1.00 e. The van der Waals surface area contributed by atoms with Crippen LogP contribution in [0.25, 0.3) is 0 Å². The van der Waals surface area contributed by atoms with Crippen molar-refractivity contribution in [2.75, 3.05) is 26.2 Å². The number of rotatable bonds is 3. The minimum Gasteiger partial charge on any atom is -1.00 e. The van der Waals surface area contributed by atoms with Crippen LogP contribution in [0.1, 0.15) is 0 Å². The summed E-state index contributed by atoms with van der Waals surface area (Å²) >= 11 is 0. The van der Waals surface area contributed by atoms with Gasteiger partial charge >= 0.3 is 6.03 Å². The Balaban J connectivity index is 0.00000200. The lowest BCUT2D eigenvalue weighted by Gasteiger charge is -2.26. The van der Waals surface area contributed by atoms with E-state index in [-0.39, 0.29) is 24.5 Å². The highest BCUT2D eigenvalue weighted by molar-refractivity contribution is 5.77. The number of amides is 2. The van der Waals surface area contributed by atoms with Gasteiger partial charge in [-0.25, -0.2) is 9.69 Å². The molecule has 0 fully saturated rings. The summed E-state index contributed by atoms with van der Waals surface area (Å²) in [5.41, 5.74) is 1.01. The monoisotopic (exact) mass is 294 g/mol. The van der Waals surface area contributed by atoms with Crippen LogP contribution in [0.5, 0.6) is 0 Å². The first kappa shape index (κ1) is 16.2. The van der Waals surface area contributed by atoms with E-state index in [2.05, 4.69) is 5.10 Å². The summed E-state index contributed by atoms with van der Waals surface area (Å²) in [6.07, 6.45) is 5.59. The zero-order chi connectivity index (χ0) is 13.8. The molecule has 0 aliphatic carbocycles. The first-order valence-electron chi connectivity index (χ1n) is 6.21. The van der Waals surface area contributed by atoms with Gasteiger partial charge in [-0.05, 0) is 18.2 Å². The molecule has 1 N–H and O–H groups in total. The van der Waals surface area contributed by atoms with Crippen molar-refractivity contribution in [2.24, 2.45) is 5.10 Å². The second kappa shape index (κ2) is 7.07. The Morgan fingerprint density at radius 2 is 2.00 bits per heavy atom. The van der Waals surface area contributed by atoms with Crippen LogP contribution < -0.4 is 22.3 Å². The molecule has 20 heavy (non-hydrogen) atoms. The van der Waals surface area contributed by atoms with E-state index in [1.807, 2.05) is 56.7 Å². The number of anilines is 1. The van der Waals surface area contributed by atoms with E-state index in [1.165, 1.54) is 0 Å². The Morgan fingerprint density at radius 3 is 2.65 bits per heavy atom. The first-order chi connectivity index (χ1) is 9.09. The van der Waals surface area contributed by atoms with E-state index in [1.54, 1.807) is 23.2 Å². The van der Waals surface area contributed by atoms with Crippen molar-refractivity contribution in [2.45, 2.75) is 6.04 Å². The van der Waals surface area contributed by atoms with Crippen LogP contribution in [-0.2, 0) is 0 Å². The van der Waals surface area contributed by atoms with Gasteiger partial charge in [0.05, 0.1) is 25.0 Å². The van der Waals surface area contributed by atoms with E-state index < -0.39 is 0 Å². The summed E-state index contributed by atoms with van der Waals surface area (Å²) in [5, 5.41) is 6.17. The lowest BCUT2D eigenvalue weighted by molar-refractivity contribution is -0.740. The highest BCUT2D eigenvalue weighted by atomic mass is 35.5. The molecule has 0 saturated carbocycles. The Bertz CT molecular complexity index is 503. The van der Waals surface area contributed by atoms with E-state index in [0.717, 1.165) is 10.6 Å². The molecule has 1 aromatic rings. The average Bonchev–Trinajstić information content (AvgIpc) is 2.45. The lowest BCUT2D eigenvalue weighted by Crippen LogP contribution is -3.10. The molecule has 0 aromatic heterocycles. The van der Waals surface area contributed by atoms with Crippen molar-refractivity contribution in [3.63, 3.8) is 0 Å². The molecule has 108 valence electrons. The van der Waals surface area contributed by atoms with Crippen LogP contribution in [0.15, 0.2) is 47.7 Å². The van der Waals surface area contributed by atoms with Gasteiger partial charge in [-0.1, -0.05) is 18.2 Å². The SMILES string of the molecule is CN(N=CC1C=C[NH+](C)C(=O)N1C)c1ccccc1.[Cl-]. The molecule has 0 spiro atoms. The predicted octanol–water partition coefficient (Wildman–Crippen LogP) is -2.42. The van der Waals surface area contributed by atoms with Gasteiger partial charge in [0, 0.05) is 14.1 Å². The predicted molar refractivity (Wildman–Crippen MR) is 76.3 cm³/mol. The van der Waals surface area contributed by atoms with E-state index in [9.17, 15) is 4.79 Å². The highest BCUT2D eigenvalue weighted by Crippen LogP contribution is 2.11. The molecule has 2 amide bonds. The summed E-state index contributed by atoms with van der Waals surface area (Å²) in [6, 6.07) is 9.83. The fraction of sp³-hybridized carbons (Fsp3) is 0.286. The number of hydrogen-bond donors (Lipinski definition) is 1. The second-order valence-electron chi connectivity index (χ2n) is 4.57. The molecule has 0 bridgehead atoms. The van der Waals surface area contributed by atoms with Crippen LogP contribution in [-0.4, -0.2) is 44.3 Å². The van der Waals surface area contributed by atoms with Gasteiger partial charge in [-0.2, -0.15) is 5.10 Å². The third-order valence-electron chi connectivity index (χ3n) is 3.17. The van der Waals surface area contributed by atoms with Crippen LogP contribution in [0.2, 0.25) is 0 Å². The van der Waals surface area contributed by atoms with Crippen molar-refractivity contribution in [1.82, 2.24) is 4.90 Å². The van der Waals surface area contributed by atoms with Crippen molar-refractivity contribution in [1.29, 1.82) is 0 Å². The van der Waals surface area contributed by atoms with E-state index in [4.69, 9.17) is 0 Å². The minimum atomic E-state index is -0.0950. The standard InChI is InChI=1S/C14H18N4O.ClH/c1-16-10-9-13(17(2)14(16)19)11-15-18(3)12-7-5-4-6-8-12;/h4-11,13H,1-3H3;1H. The van der Waals surface area contributed by atoms with Gasteiger partial charge in [-0.3, -0.25) is 9.91 Å². The molecule has 5 nitrogen and oxygen atoms in total. The van der Waals surface area contributed by atoms with Crippen molar-refractivity contribution in [3.05, 3.63) is 42.6 Å². The fourth-order valence-corrected chi connectivity index (χ4v) is 1.89. The zero-order valence-electron chi connectivity index (χ0n) is 11.8. The van der Waals surface area contributed by atoms with E-state index in [0.29, 0.717) is 0 Å². The van der Waals surface area contributed by atoms with Crippen LogP contribution in [0.3, 0.4) is 0 Å². The van der Waals surface area contributed by atoms with E-state index >= 15 is 0 Å². The summed E-state index contributed by atoms with van der Waals surface area (Å²) in [4.78, 5) is 14.2. The number of carbonyl (C=O) groups is 1. The van der Waals surface area contributed by atoms with Gasteiger partial charge < -0.3 is 12.4 Å². The zero-order valence-corrected chi connectivity index (χ0v) is 12.6. The van der Waals surface area contributed by atoms with Gasteiger partial charge in [0.25, 0.3) is 0 Å². The number of para-hydroxylation sites is 1. The molecule has 2 atom stereocenters. The number of quaternary nitrogens is 1. The molecule has 2 unspecified atom stereocenters. The number of carbonyl (C=O) groups excluding carboxylic acids is 1. The minimum absolute atomic E-state index is 0. The molecule has 0 radical (unpaired) electrons. The summed E-state index contributed by atoms with van der Waals surface area (Å²) < 4.78 is 0.